The van der Waals surface area contributed by atoms with E-state index in [1.807, 2.05) is 24.3 Å². The Balaban J connectivity index is 1.47. The minimum absolute atomic E-state index is 0.00990. The number of methoxy groups -OCH3 is 2. The Morgan fingerprint density at radius 1 is 0.929 bits per heavy atom. The largest absolute Gasteiger partial charge is 0.497 e. The monoisotopic (exact) mass is 383 g/mol. The highest BCUT2D eigenvalue weighted by Gasteiger charge is 2.22. The fourth-order valence-electron chi connectivity index (χ4n) is 3.13. The first-order chi connectivity index (χ1) is 13.6. The fourth-order valence-corrected chi connectivity index (χ4v) is 3.13. The third kappa shape index (κ3) is 4.73. The number of anilines is 1. The number of hydrogen-bond donors (Lipinski definition) is 1. The standard InChI is InChI=1S/C21H25N3O4/c1-27-18-8-6-16(7-9-18)21(26)22-15-20(25)24-12-10-23(11-13-24)17-4-3-5-19(14-17)28-2/h3-9,14H,10-13,15H2,1-2H3,(H,22,26). The molecule has 0 radical (unpaired) electrons. The van der Waals surface area contributed by atoms with Crippen molar-refractivity contribution >= 4 is 17.5 Å². The van der Waals surface area contributed by atoms with Crippen LogP contribution in [-0.4, -0.2) is 63.7 Å². The highest BCUT2D eigenvalue weighted by atomic mass is 16.5. The Kier molecular flexibility index (Phi) is 6.37. The molecule has 0 bridgehead atoms. The first kappa shape index (κ1) is 19.5. The molecule has 1 saturated heterocycles. The molecule has 2 aromatic carbocycles. The van der Waals surface area contributed by atoms with Gasteiger partial charge in [-0.2, -0.15) is 0 Å². The van der Waals surface area contributed by atoms with E-state index in [2.05, 4.69) is 10.2 Å². The minimum Gasteiger partial charge on any atom is -0.497 e. The van der Waals surface area contributed by atoms with Crippen molar-refractivity contribution in [3.05, 3.63) is 54.1 Å². The van der Waals surface area contributed by atoms with Gasteiger partial charge in [-0.15, -0.1) is 0 Å². The molecule has 0 atom stereocenters. The van der Waals surface area contributed by atoms with E-state index in [9.17, 15) is 9.59 Å². The molecule has 0 saturated carbocycles. The smallest absolute Gasteiger partial charge is 0.251 e. The van der Waals surface area contributed by atoms with Gasteiger partial charge in [0.05, 0.1) is 20.8 Å². The first-order valence-corrected chi connectivity index (χ1v) is 9.19. The van der Waals surface area contributed by atoms with Gasteiger partial charge in [-0.1, -0.05) is 6.07 Å². The second-order valence-corrected chi connectivity index (χ2v) is 6.48. The van der Waals surface area contributed by atoms with Gasteiger partial charge in [-0.3, -0.25) is 9.59 Å². The number of nitrogens with zero attached hydrogens (tertiary/aromatic N) is 2. The lowest BCUT2D eigenvalue weighted by molar-refractivity contribution is -0.130. The van der Waals surface area contributed by atoms with Crippen LogP contribution in [-0.2, 0) is 4.79 Å². The third-order valence-corrected chi connectivity index (χ3v) is 4.80. The van der Waals surface area contributed by atoms with Crippen molar-refractivity contribution in [2.75, 3.05) is 51.8 Å². The highest BCUT2D eigenvalue weighted by Crippen LogP contribution is 2.22. The molecule has 0 aliphatic carbocycles. The molecule has 148 valence electrons. The second kappa shape index (κ2) is 9.12. The number of rotatable bonds is 6. The minimum atomic E-state index is -0.272. The summed E-state index contributed by atoms with van der Waals surface area (Å²) in [4.78, 5) is 28.6. The van der Waals surface area contributed by atoms with Gasteiger partial charge in [0.25, 0.3) is 5.91 Å². The van der Waals surface area contributed by atoms with Crippen molar-refractivity contribution < 1.29 is 19.1 Å². The molecule has 1 N–H and O–H groups in total. The summed E-state index contributed by atoms with van der Waals surface area (Å²) < 4.78 is 10.3. The normalized spacial score (nSPS) is 13.8. The maximum Gasteiger partial charge on any atom is 0.251 e. The van der Waals surface area contributed by atoms with Gasteiger partial charge < -0.3 is 24.6 Å². The quantitative estimate of drug-likeness (QED) is 0.823. The lowest BCUT2D eigenvalue weighted by Crippen LogP contribution is -2.51. The fraction of sp³-hybridized carbons (Fsp3) is 0.333. The molecule has 1 fully saturated rings. The van der Waals surface area contributed by atoms with Crippen LogP contribution in [0.4, 0.5) is 5.69 Å². The molecule has 7 heteroatoms. The lowest BCUT2D eigenvalue weighted by atomic mass is 10.2. The van der Waals surface area contributed by atoms with Gasteiger partial charge in [-0.25, -0.2) is 0 Å². The van der Waals surface area contributed by atoms with Gasteiger partial charge in [0, 0.05) is 43.5 Å². The summed E-state index contributed by atoms with van der Waals surface area (Å²) in [6.07, 6.45) is 0. The summed E-state index contributed by atoms with van der Waals surface area (Å²) in [5.41, 5.74) is 1.58. The Morgan fingerprint density at radius 2 is 1.61 bits per heavy atom. The molecule has 0 spiro atoms. The van der Waals surface area contributed by atoms with Crippen LogP contribution in [0.25, 0.3) is 0 Å². The second-order valence-electron chi connectivity index (χ2n) is 6.48. The van der Waals surface area contributed by atoms with Crippen LogP contribution >= 0.6 is 0 Å². The molecular formula is C21H25N3O4. The zero-order chi connectivity index (χ0) is 19.9. The highest BCUT2D eigenvalue weighted by molar-refractivity contribution is 5.96. The van der Waals surface area contributed by atoms with Crippen molar-refractivity contribution in [1.82, 2.24) is 10.2 Å². The van der Waals surface area contributed by atoms with E-state index in [0.29, 0.717) is 24.4 Å². The van der Waals surface area contributed by atoms with Crippen LogP contribution in [0.3, 0.4) is 0 Å². The van der Waals surface area contributed by atoms with Gasteiger partial charge in [0.15, 0.2) is 0 Å². The van der Waals surface area contributed by atoms with Crippen LogP contribution in [0.1, 0.15) is 10.4 Å². The molecule has 2 amide bonds. The van der Waals surface area contributed by atoms with Crippen molar-refractivity contribution in [2.45, 2.75) is 0 Å². The molecule has 1 aliphatic rings. The zero-order valence-corrected chi connectivity index (χ0v) is 16.2. The number of nitrogens with one attached hydrogen (secondary N) is 1. The van der Waals surface area contributed by atoms with Crippen molar-refractivity contribution in [1.29, 1.82) is 0 Å². The number of piperazine rings is 1. The number of carbonyl (C=O) groups excluding carboxylic acids is 2. The molecule has 28 heavy (non-hydrogen) atoms. The van der Waals surface area contributed by atoms with E-state index in [4.69, 9.17) is 9.47 Å². The lowest BCUT2D eigenvalue weighted by Gasteiger charge is -2.36. The summed E-state index contributed by atoms with van der Waals surface area (Å²) in [6, 6.07) is 14.7. The van der Waals surface area contributed by atoms with Gasteiger partial charge >= 0.3 is 0 Å². The van der Waals surface area contributed by atoms with Crippen molar-refractivity contribution in [3.63, 3.8) is 0 Å². The summed E-state index contributed by atoms with van der Waals surface area (Å²) in [7, 11) is 3.22. The molecule has 0 aromatic heterocycles. The number of carbonyl (C=O) groups is 2. The van der Waals surface area contributed by atoms with Gasteiger partial charge in [-0.05, 0) is 36.4 Å². The van der Waals surface area contributed by atoms with E-state index in [1.165, 1.54) is 0 Å². The van der Waals surface area contributed by atoms with Crippen molar-refractivity contribution in [2.24, 2.45) is 0 Å². The zero-order valence-electron chi connectivity index (χ0n) is 16.2. The molecular weight excluding hydrogens is 358 g/mol. The van der Waals surface area contributed by atoms with E-state index in [0.717, 1.165) is 24.5 Å². The van der Waals surface area contributed by atoms with E-state index >= 15 is 0 Å². The van der Waals surface area contributed by atoms with Crippen LogP contribution in [0.15, 0.2) is 48.5 Å². The van der Waals surface area contributed by atoms with Crippen LogP contribution in [0.2, 0.25) is 0 Å². The Bertz CT molecular complexity index is 815. The number of ether oxygens (including phenoxy) is 2. The molecule has 7 nitrogen and oxygen atoms in total. The van der Waals surface area contributed by atoms with Crippen LogP contribution in [0.5, 0.6) is 11.5 Å². The molecule has 2 aromatic rings. The Hall–Kier alpha value is -3.22. The number of amides is 2. The summed E-state index contributed by atoms with van der Waals surface area (Å²) in [6.45, 7) is 2.71. The van der Waals surface area contributed by atoms with Gasteiger partial charge in [0.2, 0.25) is 5.91 Å². The Labute approximate surface area is 164 Å². The van der Waals surface area contributed by atoms with E-state index < -0.39 is 0 Å². The topological polar surface area (TPSA) is 71.1 Å². The van der Waals surface area contributed by atoms with E-state index in [1.54, 1.807) is 43.4 Å². The third-order valence-electron chi connectivity index (χ3n) is 4.80. The molecule has 0 unspecified atom stereocenters. The molecule has 1 heterocycles. The van der Waals surface area contributed by atoms with Gasteiger partial charge in [0.1, 0.15) is 11.5 Å². The Morgan fingerprint density at radius 3 is 2.25 bits per heavy atom. The molecule has 1 aliphatic heterocycles. The maximum absolute atomic E-state index is 12.4. The van der Waals surface area contributed by atoms with E-state index in [-0.39, 0.29) is 18.4 Å². The molecule has 3 rings (SSSR count). The first-order valence-electron chi connectivity index (χ1n) is 9.19. The average Bonchev–Trinajstić information content (AvgIpc) is 2.77. The predicted octanol–water partition coefficient (Wildman–Crippen LogP) is 1.78. The number of benzene rings is 2. The predicted molar refractivity (Wildman–Crippen MR) is 107 cm³/mol. The number of hydrogen-bond acceptors (Lipinski definition) is 5. The average molecular weight is 383 g/mol. The SMILES string of the molecule is COc1ccc(C(=O)NCC(=O)N2CCN(c3cccc(OC)c3)CC2)cc1. The summed E-state index contributed by atoms with van der Waals surface area (Å²) in [5, 5.41) is 2.69. The summed E-state index contributed by atoms with van der Waals surface area (Å²) in [5.74, 6) is 1.15. The van der Waals surface area contributed by atoms with Crippen molar-refractivity contribution in [3.8, 4) is 11.5 Å². The van der Waals surface area contributed by atoms with Crippen LogP contribution < -0.4 is 19.7 Å². The summed E-state index contributed by atoms with van der Waals surface area (Å²) >= 11 is 0. The maximum atomic E-state index is 12.4. The van der Waals surface area contributed by atoms with Crippen LogP contribution in [0, 0.1) is 0 Å².